The van der Waals surface area contributed by atoms with E-state index in [1.807, 2.05) is 0 Å². The minimum Gasteiger partial charge on any atom is -0.310 e. The largest absolute Gasteiger partial charge is 0.310 e. The summed E-state index contributed by atoms with van der Waals surface area (Å²) in [6.45, 7) is 0. The fourth-order valence-electron chi connectivity index (χ4n) is 14.0. The van der Waals surface area contributed by atoms with Crippen molar-refractivity contribution in [1.29, 1.82) is 0 Å². The standard InChI is InChI=1S/C62H48N2/c1-4-14-42(15-5-1)50-20-11-13-23-57(50)64(48-18-8-3-9-19-48)59-33-27-44-24-29-52-58(32-26-43-25-30-53(59)61(44)60(43)52)63(47-16-6-2-7-17-47)49-28-31-56-54(39-49)51-21-10-12-22-55(51)62(56)45-35-40-34-41(37-45)38-46(62)36-40/h1-33,39-41,45-46H,34-38H2. The summed E-state index contributed by atoms with van der Waals surface area (Å²) in [4.78, 5) is 4.99. The van der Waals surface area contributed by atoms with Crippen molar-refractivity contribution in [3.8, 4) is 22.3 Å². The molecule has 10 aromatic carbocycles. The van der Waals surface area contributed by atoms with Crippen LogP contribution < -0.4 is 9.80 Å². The molecule has 0 radical (unpaired) electrons. The second-order valence-corrected chi connectivity index (χ2v) is 19.3. The van der Waals surface area contributed by atoms with E-state index in [0.29, 0.717) is 0 Å². The van der Waals surface area contributed by atoms with Crippen molar-refractivity contribution >= 4 is 66.4 Å². The Bertz CT molecular complexity index is 3380. The smallest absolute Gasteiger partial charge is 0.0540 e. The fourth-order valence-corrected chi connectivity index (χ4v) is 14.0. The summed E-state index contributed by atoms with van der Waals surface area (Å²) >= 11 is 0. The highest BCUT2D eigenvalue weighted by molar-refractivity contribution is 6.28. The van der Waals surface area contributed by atoms with Gasteiger partial charge in [-0.1, -0.05) is 152 Å². The first-order valence-corrected chi connectivity index (χ1v) is 23.5. The molecule has 2 heteroatoms. The second-order valence-electron chi connectivity index (χ2n) is 19.3. The van der Waals surface area contributed by atoms with E-state index in [2.05, 4.69) is 216 Å². The molecule has 0 aromatic heterocycles. The molecule has 15 rings (SSSR count). The first kappa shape index (κ1) is 36.3. The molecule has 0 unspecified atom stereocenters. The average Bonchev–Trinajstić information content (AvgIpc) is 3.64. The summed E-state index contributed by atoms with van der Waals surface area (Å²) in [5.74, 6) is 3.34. The Morgan fingerprint density at radius 2 is 0.844 bits per heavy atom. The van der Waals surface area contributed by atoms with Gasteiger partial charge in [0.15, 0.2) is 0 Å². The van der Waals surface area contributed by atoms with Gasteiger partial charge in [-0.25, -0.2) is 0 Å². The number of para-hydroxylation sites is 3. The van der Waals surface area contributed by atoms with E-state index in [4.69, 9.17) is 0 Å². The number of hydrogen-bond acceptors (Lipinski definition) is 2. The van der Waals surface area contributed by atoms with Gasteiger partial charge in [0.25, 0.3) is 0 Å². The van der Waals surface area contributed by atoms with E-state index < -0.39 is 0 Å². The van der Waals surface area contributed by atoms with Crippen molar-refractivity contribution in [3.05, 3.63) is 217 Å². The van der Waals surface area contributed by atoms with Gasteiger partial charge in [-0.15, -0.1) is 0 Å². The van der Waals surface area contributed by atoms with Gasteiger partial charge in [0.2, 0.25) is 0 Å². The van der Waals surface area contributed by atoms with E-state index in [1.165, 1.54) is 104 Å². The molecule has 306 valence electrons. The van der Waals surface area contributed by atoms with Gasteiger partial charge in [0.05, 0.1) is 17.1 Å². The molecule has 4 saturated carbocycles. The van der Waals surface area contributed by atoms with Crippen LogP contribution in [-0.2, 0) is 5.41 Å². The molecule has 0 saturated heterocycles. The molecule has 0 N–H and O–H groups in total. The molecule has 64 heavy (non-hydrogen) atoms. The number of fused-ring (bicyclic) bond motifs is 3. The van der Waals surface area contributed by atoms with Crippen LogP contribution in [-0.4, -0.2) is 0 Å². The normalized spacial score (nSPS) is 21.5. The molecule has 4 fully saturated rings. The fraction of sp³-hybridized carbons (Fsp3) is 0.161. The van der Waals surface area contributed by atoms with Crippen LogP contribution in [0, 0.1) is 23.7 Å². The number of nitrogens with zero attached hydrogens (tertiary/aromatic N) is 2. The lowest BCUT2D eigenvalue weighted by atomic mass is 9.43. The average molecular weight is 821 g/mol. The molecular formula is C62H48N2. The second kappa shape index (κ2) is 13.9. The Labute approximate surface area is 375 Å². The van der Waals surface area contributed by atoms with Crippen LogP contribution in [0.2, 0.25) is 0 Å². The molecule has 10 aromatic rings. The highest BCUT2D eigenvalue weighted by Gasteiger charge is 2.61. The molecular weight excluding hydrogens is 773 g/mol. The zero-order valence-corrected chi connectivity index (χ0v) is 35.9. The first-order valence-electron chi connectivity index (χ1n) is 23.5. The molecule has 4 bridgehead atoms. The predicted molar refractivity (Wildman–Crippen MR) is 268 cm³/mol. The summed E-state index contributed by atoms with van der Waals surface area (Å²) in [6, 6.07) is 77.4. The molecule has 5 aliphatic carbocycles. The Morgan fingerprint density at radius 3 is 1.48 bits per heavy atom. The van der Waals surface area contributed by atoms with Crippen molar-refractivity contribution in [1.82, 2.24) is 0 Å². The van der Waals surface area contributed by atoms with E-state index in [9.17, 15) is 0 Å². The van der Waals surface area contributed by atoms with Crippen molar-refractivity contribution in [3.63, 3.8) is 0 Å². The maximum Gasteiger partial charge on any atom is 0.0540 e. The van der Waals surface area contributed by atoms with Crippen LogP contribution in [0.4, 0.5) is 34.1 Å². The van der Waals surface area contributed by atoms with E-state index in [-0.39, 0.29) is 5.41 Å². The Hall–Kier alpha value is -7.16. The van der Waals surface area contributed by atoms with Gasteiger partial charge in [-0.2, -0.15) is 0 Å². The van der Waals surface area contributed by atoms with Crippen LogP contribution >= 0.6 is 0 Å². The van der Waals surface area contributed by atoms with Crippen molar-refractivity contribution in [2.75, 3.05) is 9.80 Å². The van der Waals surface area contributed by atoms with Crippen LogP contribution in [0.15, 0.2) is 206 Å². The van der Waals surface area contributed by atoms with E-state index in [0.717, 1.165) is 40.7 Å². The lowest BCUT2D eigenvalue weighted by Crippen LogP contribution is -2.55. The van der Waals surface area contributed by atoms with Gasteiger partial charge in [0.1, 0.15) is 0 Å². The molecule has 0 amide bonds. The quantitative estimate of drug-likeness (QED) is 0.148. The predicted octanol–water partition coefficient (Wildman–Crippen LogP) is 16.9. The van der Waals surface area contributed by atoms with Gasteiger partial charge < -0.3 is 9.80 Å². The summed E-state index contributed by atoms with van der Waals surface area (Å²) in [6.07, 6.45) is 7.05. The summed E-state index contributed by atoms with van der Waals surface area (Å²) < 4.78 is 0. The number of anilines is 6. The van der Waals surface area contributed by atoms with Crippen LogP contribution in [0.5, 0.6) is 0 Å². The Kier molecular flexibility index (Phi) is 7.90. The van der Waals surface area contributed by atoms with Gasteiger partial charge in [-0.3, -0.25) is 0 Å². The molecule has 0 aliphatic heterocycles. The molecule has 0 atom stereocenters. The number of benzene rings is 10. The summed E-state index contributed by atoms with van der Waals surface area (Å²) in [7, 11) is 0. The molecule has 2 nitrogen and oxygen atoms in total. The van der Waals surface area contributed by atoms with Crippen LogP contribution in [0.3, 0.4) is 0 Å². The zero-order valence-electron chi connectivity index (χ0n) is 35.9. The van der Waals surface area contributed by atoms with E-state index in [1.54, 1.807) is 11.1 Å². The maximum absolute atomic E-state index is 2.57. The monoisotopic (exact) mass is 820 g/mol. The summed E-state index contributed by atoms with van der Waals surface area (Å²) in [5.41, 5.74) is 15.7. The summed E-state index contributed by atoms with van der Waals surface area (Å²) in [5, 5.41) is 7.60. The minimum absolute atomic E-state index is 0.148. The molecule has 0 heterocycles. The zero-order chi connectivity index (χ0) is 41.9. The van der Waals surface area contributed by atoms with Gasteiger partial charge in [-0.05, 0) is 160 Å². The van der Waals surface area contributed by atoms with Crippen molar-refractivity contribution in [2.24, 2.45) is 23.7 Å². The van der Waals surface area contributed by atoms with Crippen LogP contribution in [0.25, 0.3) is 54.6 Å². The third-order valence-electron chi connectivity index (χ3n) is 16.2. The number of hydrogen-bond donors (Lipinski definition) is 0. The molecule has 5 aliphatic rings. The molecule has 1 spiro atoms. The van der Waals surface area contributed by atoms with Gasteiger partial charge in [0, 0.05) is 38.8 Å². The Morgan fingerprint density at radius 1 is 0.344 bits per heavy atom. The topological polar surface area (TPSA) is 6.48 Å². The van der Waals surface area contributed by atoms with Crippen molar-refractivity contribution < 1.29 is 0 Å². The highest BCUT2D eigenvalue weighted by Crippen LogP contribution is 2.69. The maximum atomic E-state index is 2.57. The number of rotatable bonds is 7. The highest BCUT2D eigenvalue weighted by atomic mass is 15.2. The lowest BCUT2D eigenvalue weighted by molar-refractivity contribution is -0.0399. The third kappa shape index (κ3) is 5.14. The lowest BCUT2D eigenvalue weighted by Gasteiger charge is -2.61. The SMILES string of the molecule is c1ccc(-c2ccccc2N(c2ccccc2)c2ccc3ccc4c(N(c5ccccc5)c5ccc6c(c5)-c5ccccc5C65C6CC7CC(C6)CC5C7)ccc5ccc2c3c54)cc1. The van der Waals surface area contributed by atoms with Crippen molar-refractivity contribution in [2.45, 2.75) is 37.5 Å². The Balaban J connectivity index is 0.973. The third-order valence-corrected chi connectivity index (χ3v) is 16.2. The van der Waals surface area contributed by atoms with Crippen LogP contribution in [0.1, 0.15) is 43.2 Å². The van der Waals surface area contributed by atoms with Gasteiger partial charge >= 0.3 is 0 Å². The first-order chi connectivity index (χ1) is 31.7. The minimum atomic E-state index is 0.148. The van der Waals surface area contributed by atoms with E-state index >= 15 is 0 Å².